The van der Waals surface area contributed by atoms with Gasteiger partial charge in [-0.25, -0.2) is 8.78 Å². The van der Waals surface area contributed by atoms with Gasteiger partial charge in [-0.1, -0.05) is 0 Å². The van der Waals surface area contributed by atoms with Gasteiger partial charge < -0.3 is 10.1 Å². The molecule has 2 nitrogen and oxygen atoms in total. The fourth-order valence-corrected chi connectivity index (χ4v) is 1.60. The number of ether oxygens (including phenoxy) is 1. The summed E-state index contributed by atoms with van der Waals surface area (Å²) in [4.78, 5) is 0. The highest BCUT2D eigenvalue weighted by atomic mass is 79.9. The zero-order valence-corrected chi connectivity index (χ0v) is 11.7. The predicted octanol–water partition coefficient (Wildman–Crippen LogP) is 3.95. The Labute approximate surface area is 108 Å². The summed E-state index contributed by atoms with van der Waals surface area (Å²) in [5.74, 6) is -1.20. The van der Waals surface area contributed by atoms with E-state index in [4.69, 9.17) is 4.74 Å². The Balaban J connectivity index is 2.61. The highest BCUT2D eigenvalue weighted by Gasteiger charge is 2.16. The van der Waals surface area contributed by atoms with E-state index in [9.17, 15) is 8.78 Å². The van der Waals surface area contributed by atoms with Crippen molar-refractivity contribution in [1.82, 2.24) is 0 Å². The third-order valence-corrected chi connectivity index (χ3v) is 3.21. The van der Waals surface area contributed by atoms with Crippen LogP contribution in [0, 0.1) is 11.6 Å². The van der Waals surface area contributed by atoms with Crippen molar-refractivity contribution in [2.24, 2.45) is 0 Å². The van der Waals surface area contributed by atoms with Gasteiger partial charge in [0.2, 0.25) is 0 Å². The first-order valence-electron chi connectivity index (χ1n) is 5.29. The van der Waals surface area contributed by atoms with Crippen LogP contribution >= 0.6 is 15.9 Å². The molecule has 1 N–H and O–H groups in total. The van der Waals surface area contributed by atoms with E-state index >= 15 is 0 Å². The summed E-state index contributed by atoms with van der Waals surface area (Å²) in [6, 6.07) is 2.25. The number of hydrogen-bond donors (Lipinski definition) is 1. The van der Waals surface area contributed by atoms with E-state index in [1.807, 2.05) is 13.8 Å². The molecule has 17 heavy (non-hydrogen) atoms. The van der Waals surface area contributed by atoms with E-state index in [1.54, 1.807) is 7.11 Å². The van der Waals surface area contributed by atoms with Crippen LogP contribution < -0.4 is 5.32 Å². The standard InChI is InChI=1S/C12H16BrF2NO/c1-12(2,17-3)4-5-16-11-6-8(13)9(14)7-10(11)15/h6-7,16H,4-5H2,1-3H3. The van der Waals surface area contributed by atoms with Gasteiger partial charge in [0.15, 0.2) is 0 Å². The van der Waals surface area contributed by atoms with Gasteiger partial charge in [-0.3, -0.25) is 0 Å². The van der Waals surface area contributed by atoms with Crippen LogP contribution in [0.25, 0.3) is 0 Å². The number of halogens is 3. The highest BCUT2D eigenvalue weighted by Crippen LogP contribution is 2.24. The molecule has 1 rings (SSSR count). The third kappa shape index (κ3) is 4.24. The van der Waals surface area contributed by atoms with Crippen LogP contribution in [-0.4, -0.2) is 19.3 Å². The lowest BCUT2D eigenvalue weighted by Gasteiger charge is -2.23. The van der Waals surface area contributed by atoms with Crippen molar-refractivity contribution in [3.63, 3.8) is 0 Å². The largest absolute Gasteiger partial charge is 0.383 e. The van der Waals surface area contributed by atoms with Crippen molar-refractivity contribution in [2.75, 3.05) is 19.0 Å². The molecule has 0 atom stereocenters. The second-order valence-electron chi connectivity index (χ2n) is 4.39. The first kappa shape index (κ1) is 14.4. The van der Waals surface area contributed by atoms with Crippen molar-refractivity contribution < 1.29 is 13.5 Å². The number of rotatable bonds is 5. The lowest BCUT2D eigenvalue weighted by molar-refractivity contribution is 0.0184. The molecule has 0 radical (unpaired) electrons. The maximum Gasteiger partial charge on any atom is 0.149 e. The second kappa shape index (κ2) is 5.78. The molecule has 1 aromatic rings. The molecular formula is C12H16BrF2NO. The topological polar surface area (TPSA) is 21.3 Å². The van der Waals surface area contributed by atoms with Crippen molar-refractivity contribution in [2.45, 2.75) is 25.9 Å². The average Bonchev–Trinajstić information content (AvgIpc) is 2.25. The first-order chi connectivity index (χ1) is 7.85. The molecule has 0 heterocycles. The van der Waals surface area contributed by atoms with E-state index in [1.165, 1.54) is 6.07 Å². The van der Waals surface area contributed by atoms with Gasteiger partial charge in [-0.15, -0.1) is 0 Å². The van der Waals surface area contributed by atoms with Crippen LogP contribution in [0.1, 0.15) is 20.3 Å². The summed E-state index contributed by atoms with van der Waals surface area (Å²) in [7, 11) is 1.63. The van der Waals surface area contributed by atoms with Gasteiger partial charge in [0.25, 0.3) is 0 Å². The Morgan fingerprint density at radius 3 is 2.53 bits per heavy atom. The lowest BCUT2D eigenvalue weighted by Crippen LogP contribution is -2.25. The Morgan fingerprint density at radius 1 is 1.29 bits per heavy atom. The van der Waals surface area contributed by atoms with Crippen molar-refractivity contribution in [3.8, 4) is 0 Å². The number of benzene rings is 1. The van der Waals surface area contributed by atoms with Gasteiger partial charge in [0, 0.05) is 19.7 Å². The van der Waals surface area contributed by atoms with Crippen molar-refractivity contribution in [1.29, 1.82) is 0 Å². The molecule has 0 aliphatic heterocycles. The number of hydrogen-bond acceptors (Lipinski definition) is 2. The molecular weight excluding hydrogens is 292 g/mol. The van der Waals surface area contributed by atoms with Gasteiger partial charge in [-0.2, -0.15) is 0 Å². The molecule has 0 unspecified atom stereocenters. The van der Waals surface area contributed by atoms with Crippen LogP contribution in [-0.2, 0) is 4.74 Å². The molecule has 96 valence electrons. The van der Waals surface area contributed by atoms with Gasteiger partial charge in [0.05, 0.1) is 15.8 Å². The second-order valence-corrected chi connectivity index (χ2v) is 5.24. The number of methoxy groups -OCH3 is 1. The molecule has 0 saturated carbocycles. The van der Waals surface area contributed by atoms with Gasteiger partial charge >= 0.3 is 0 Å². The maximum absolute atomic E-state index is 13.4. The number of anilines is 1. The van der Waals surface area contributed by atoms with E-state index in [0.717, 1.165) is 12.5 Å². The smallest absolute Gasteiger partial charge is 0.149 e. The minimum atomic E-state index is -0.606. The summed E-state index contributed by atoms with van der Waals surface area (Å²) in [5.41, 5.74) is 0.0194. The van der Waals surface area contributed by atoms with Crippen LogP contribution in [0.15, 0.2) is 16.6 Å². The van der Waals surface area contributed by atoms with Crippen LogP contribution in [0.3, 0.4) is 0 Å². The molecule has 0 saturated heterocycles. The molecule has 0 fully saturated rings. The summed E-state index contributed by atoms with van der Waals surface area (Å²) in [6.07, 6.45) is 0.720. The molecule has 5 heteroatoms. The average molecular weight is 308 g/mol. The SMILES string of the molecule is COC(C)(C)CCNc1cc(Br)c(F)cc1F. The molecule has 0 amide bonds. The van der Waals surface area contributed by atoms with E-state index in [-0.39, 0.29) is 15.8 Å². The van der Waals surface area contributed by atoms with E-state index < -0.39 is 11.6 Å². The van der Waals surface area contributed by atoms with E-state index in [0.29, 0.717) is 6.54 Å². The summed E-state index contributed by atoms with van der Waals surface area (Å²) < 4.78 is 31.9. The number of nitrogens with one attached hydrogen (secondary N) is 1. The minimum Gasteiger partial charge on any atom is -0.383 e. The summed E-state index contributed by atoms with van der Waals surface area (Å²) in [5, 5.41) is 2.92. The van der Waals surface area contributed by atoms with Gasteiger partial charge in [-0.05, 0) is 42.3 Å². The van der Waals surface area contributed by atoms with Crippen molar-refractivity contribution in [3.05, 3.63) is 28.2 Å². The monoisotopic (exact) mass is 307 g/mol. The molecule has 0 aliphatic carbocycles. The normalized spacial score (nSPS) is 11.6. The highest BCUT2D eigenvalue weighted by molar-refractivity contribution is 9.10. The molecule has 0 aliphatic rings. The minimum absolute atomic E-state index is 0.243. The first-order valence-corrected chi connectivity index (χ1v) is 6.08. The quantitative estimate of drug-likeness (QED) is 0.832. The zero-order valence-electron chi connectivity index (χ0n) is 10.1. The predicted molar refractivity (Wildman–Crippen MR) is 68.3 cm³/mol. The van der Waals surface area contributed by atoms with Crippen LogP contribution in [0.4, 0.5) is 14.5 Å². The summed E-state index contributed by atoms with van der Waals surface area (Å²) in [6.45, 7) is 4.45. The van der Waals surface area contributed by atoms with Gasteiger partial charge in [0.1, 0.15) is 11.6 Å². The zero-order chi connectivity index (χ0) is 13.1. The fraction of sp³-hybridized carbons (Fsp3) is 0.500. The molecule has 0 aromatic heterocycles. The molecule has 0 bridgehead atoms. The molecule has 1 aromatic carbocycles. The Hall–Kier alpha value is -0.680. The van der Waals surface area contributed by atoms with Crippen LogP contribution in [0.2, 0.25) is 0 Å². The molecule has 0 spiro atoms. The Bertz CT molecular complexity index is 396. The fourth-order valence-electron chi connectivity index (χ4n) is 1.26. The van der Waals surface area contributed by atoms with E-state index in [2.05, 4.69) is 21.2 Å². The van der Waals surface area contributed by atoms with Crippen LogP contribution in [0.5, 0.6) is 0 Å². The summed E-state index contributed by atoms with van der Waals surface area (Å²) >= 11 is 3.02. The maximum atomic E-state index is 13.4. The Kier molecular flexibility index (Phi) is 4.89. The Morgan fingerprint density at radius 2 is 1.94 bits per heavy atom. The third-order valence-electron chi connectivity index (χ3n) is 2.61. The van der Waals surface area contributed by atoms with Crippen molar-refractivity contribution >= 4 is 21.6 Å². The lowest BCUT2D eigenvalue weighted by atomic mass is 10.1.